The Balaban J connectivity index is 1.78. The SMILES string of the molecule is O=C(NC(C(=O)O)c1ccccc1)c1cccc(C2CCOC2)c1. The number of hydrogen-bond acceptors (Lipinski definition) is 3. The van der Waals surface area contributed by atoms with Crippen LogP contribution in [-0.4, -0.2) is 30.2 Å². The Morgan fingerprint density at radius 1 is 1.12 bits per heavy atom. The van der Waals surface area contributed by atoms with Crippen LogP contribution >= 0.6 is 0 Å². The van der Waals surface area contributed by atoms with Crippen LogP contribution in [0.1, 0.15) is 39.9 Å². The highest BCUT2D eigenvalue weighted by Gasteiger charge is 2.23. The first kappa shape index (κ1) is 16.2. The van der Waals surface area contributed by atoms with Gasteiger partial charge in [0.25, 0.3) is 5.91 Å². The Hall–Kier alpha value is -2.66. The molecule has 1 aliphatic heterocycles. The number of aliphatic carboxylic acids is 1. The summed E-state index contributed by atoms with van der Waals surface area (Å²) in [4.78, 5) is 24.0. The van der Waals surface area contributed by atoms with Gasteiger partial charge in [0.15, 0.2) is 6.04 Å². The van der Waals surface area contributed by atoms with E-state index in [-0.39, 0.29) is 0 Å². The predicted octanol–water partition coefficient (Wildman–Crippen LogP) is 2.75. The molecule has 1 aliphatic rings. The molecule has 2 N–H and O–H groups in total. The summed E-state index contributed by atoms with van der Waals surface area (Å²) in [5.41, 5.74) is 2.05. The predicted molar refractivity (Wildman–Crippen MR) is 88.9 cm³/mol. The molecule has 3 rings (SSSR count). The molecule has 124 valence electrons. The Labute approximate surface area is 140 Å². The van der Waals surface area contributed by atoms with E-state index in [1.807, 2.05) is 18.2 Å². The number of carboxylic acid groups (broad SMARTS) is 1. The quantitative estimate of drug-likeness (QED) is 0.886. The fraction of sp³-hybridized carbons (Fsp3) is 0.263. The lowest BCUT2D eigenvalue weighted by Gasteiger charge is -2.16. The molecule has 24 heavy (non-hydrogen) atoms. The molecule has 0 radical (unpaired) electrons. The van der Waals surface area contributed by atoms with E-state index in [0.717, 1.165) is 18.6 Å². The van der Waals surface area contributed by atoms with Gasteiger partial charge in [0, 0.05) is 18.1 Å². The monoisotopic (exact) mass is 325 g/mol. The first-order chi connectivity index (χ1) is 11.6. The Morgan fingerprint density at radius 2 is 1.92 bits per heavy atom. The van der Waals surface area contributed by atoms with E-state index in [1.165, 1.54) is 0 Å². The van der Waals surface area contributed by atoms with Crippen molar-refractivity contribution in [1.82, 2.24) is 5.32 Å². The molecule has 2 aromatic rings. The summed E-state index contributed by atoms with van der Waals surface area (Å²) in [6.45, 7) is 1.39. The van der Waals surface area contributed by atoms with Gasteiger partial charge in [0.2, 0.25) is 0 Å². The van der Waals surface area contributed by atoms with Crippen LogP contribution in [0.4, 0.5) is 0 Å². The van der Waals surface area contributed by atoms with Crippen molar-refractivity contribution >= 4 is 11.9 Å². The Bertz CT molecular complexity index is 723. The van der Waals surface area contributed by atoms with Gasteiger partial charge in [-0.05, 0) is 29.7 Å². The van der Waals surface area contributed by atoms with Gasteiger partial charge in [0.1, 0.15) is 0 Å². The van der Waals surface area contributed by atoms with Crippen LogP contribution in [0.25, 0.3) is 0 Å². The number of carbonyl (C=O) groups excluding carboxylic acids is 1. The molecule has 2 unspecified atom stereocenters. The Morgan fingerprint density at radius 3 is 2.58 bits per heavy atom. The van der Waals surface area contributed by atoms with Crippen molar-refractivity contribution in [3.05, 3.63) is 71.3 Å². The van der Waals surface area contributed by atoms with Crippen molar-refractivity contribution in [2.24, 2.45) is 0 Å². The van der Waals surface area contributed by atoms with E-state index < -0.39 is 17.9 Å². The minimum Gasteiger partial charge on any atom is -0.479 e. The first-order valence-corrected chi connectivity index (χ1v) is 7.91. The summed E-state index contributed by atoms with van der Waals surface area (Å²) in [7, 11) is 0. The molecule has 0 aliphatic carbocycles. The second-order valence-corrected chi connectivity index (χ2v) is 5.84. The molecule has 1 amide bonds. The third-order valence-electron chi connectivity index (χ3n) is 4.21. The molecule has 2 atom stereocenters. The standard InChI is InChI=1S/C19H19NO4/c21-18(20-17(19(22)23)13-5-2-1-3-6-13)15-8-4-7-14(11-15)16-9-10-24-12-16/h1-8,11,16-17H,9-10,12H2,(H,20,21)(H,22,23). The van der Waals surface area contributed by atoms with Gasteiger partial charge < -0.3 is 15.2 Å². The summed E-state index contributed by atoms with van der Waals surface area (Å²) >= 11 is 0. The normalized spacial score (nSPS) is 18.1. The number of nitrogens with one attached hydrogen (secondary N) is 1. The van der Waals surface area contributed by atoms with Gasteiger partial charge in [-0.15, -0.1) is 0 Å². The highest BCUT2D eigenvalue weighted by Crippen LogP contribution is 2.26. The zero-order valence-electron chi connectivity index (χ0n) is 13.1. The zero-order chi connectivity index (χ0) is 16.9. The zero-order valence-corrected chi connectivity index (χ0v) is 13.1. The number of benzene rings is 2. The molecule has 5 nitrogen and oxygen atoms in total. The number of hydrogen-bond donors (Lipinski definition) is 2. The fourth-order valence-corrected chi connectivity index (χ4v) is 2.88. The Kier molecular flexibility index (Phi) is 4.91. The van der Waals surface area contributed by atoms with E-state index in [0.29, 0.717) is 23.7 Å². The molecule has 1 heterocycles. The third-order valence-corrected chi connectivity index (χ3v) is 4.21. The third kappa shape index (κ3) is 3.63. The first-order valence-electron chi connectivity index (χ1n) is 7.91. The summed E-state index contributed by atoms with van der Waals surface area (Å²) in [6.07, 6.45) is 0.937. The smallest absolute Gasteiger partial charge is 0.330 e. The maximum Gasteiger partial charge on any atom is 0.330 e. The lowest BCUT2D eigenvalue weighted by atomic mass is 9.96. The highest BCUT2D eigenvalue weighted by molar-refractivity contribution is 5.97. The second kappa shape index (κ2) is 7.27. The topological polar surface area (TPSA) is 75.6 Å². The largest absolute Gasteiger partial charge is 0.479 e. The van der Waals surface area contributed by atoms with E-state index in [2.05, 4.69) is 5.32 Å². The van der Waals surface area contributed by atoms with E-state index in [9.17, 15) is 14.7 Å². The van der Waals surface area contributed by atoms with Crippen LogP contribution in [0.15, 0.2) is 54.6 Å². The maximum absolute atomic E-state index is 12.5. The number of rotatable bonds is 5. The molecule has 0 bridgehead atoms. The van der Waals surface area contributed by atoms with E-state index >= 15 is 0 Å². The van der Waals surface area contributed by atoms with Crippen LogP contribution in [0.2, 0.25) is 0 Å². The average Bonchev–Trinajstić information content (AvgIpc) is 3.15. The second-order valence-electron chi connectivity index (χ2n) is 5.84. The molecule has 0 aromatic heterocycles. The summed E-state index contributed by atoms with van der Waals surface area (Å²) < 4.78 is 5.39. The van der Waals surface area contributed by atoms with Crippen molar-refractivity contribution in [1.29, 1.82) is 0 Å². The van der Waals surface area contributed by atoms with Crippen molar-refractivity contribution in [2.45, 2.75) is 18.4 Å². The van der Waals surface area contributed by atoms with Gasteiger partial charge in [-0.1, -0.05) is 42.5 Å². The van der Waals surface area contributed by atoms with Gasteiger partial charge in [-0.25, -0.2) is 4.79 Å². The maximum atomic E-state index is 12.5. The van der Waals surface area contributed by atoms with Crippen molar-refractivity contribution in [3.63, 3.8) is 0 Å². The number of amides is 1. The van der Waals surface area contributed by atoms with Crippen molar-refractivity contribution in [3.8, 4) is 0 Å². The average molecular weight is 325 g/mol. The molecular weight excluding hydrogens is 306 g/mol. The molecule has 0 spiro atoms. The number of carbonyl (C=O) groups is 2. The minimum absolute atomic E-state index is 0.294. The van der Waals surface area contributed by atoms with Crippen LogP contribution in [-0.2, 0) is 9.53 Å². The number of ether oxygens (including phenoxy) is 1. The van der Waals surface area contributed by atoms with Crippen LogP contribution in [0, 0.1) is 0 Å². The summed E-state index contributed by atoms with van der Waals surface area (Å²) in [5.74, 6) is -1.19. The summed E-state index contributed by atoms with van der Waals surface area (Å²) in [6, 6.07) is 14.9. The molecule has 2 aromatic carbocycles. The fourth-order valence-electron chi connectivity index (χ4n) is 2.88. The van der Waals surface area contributed by atoms with Crippen molar-refractivity contribution in [2.75, 3.05) is 13.2 Å². The van der Waals surface area contributed by atoms with Gasteiger partial charge in [-0.2, -0.15) is 0 Å². The summed E-state index contributed by atoms with van der Waals surface area (Å²) in [5, 5.41) is 12.0. The van der Waals surface area contributed by atoms with Crippen LogP contribution < -0.4 is 5.32 Å². The van der Waals surface area contributed by atoms with E-state index in [1.54, 1.807) is 36.4 Å². The lowest BCUT2D eigenvalue weighted by molar-refractivity contribution is -0.139. The highest BCUT2D eigenvalue weighted by atomic mass is 16.5. The lowest BCUT2D eigenvalue weighted by Crippen LogP contribution is -2.33. The molecule has 1 fully saturated rings. The molecule has 5 heteroatoms. The van der Waals surface area contributed by atoms with Crippen LogP contribution in [0.3, 0.4) is 0 Å². The van der Waals surface area contributed by atoms with Gasteiger partial charge in [-0.3, -0.25) is 4.79 Å². The molecule has 0 saturated carbocycles. The molecule has 1 saturated heterocycles. The molecular formula is C19H19NO4. The van der Waals surface area contributed by atoms with E-state index in [4.69, 9.17) is 4.74 Å². The van der Waals surface area contributed by atoms with Gasteiger partial charge >= 0.3 is 5.97 Å². The van der Waals surface area contributed by atoms with Crippen LogP contribution in [0.5, 0.6) is 0 Å². The number of carboxylic acids is 1. The van der Waals surface area contributed by atoms with Crippen molar-refractivity contribution < 1.29 is 19.4 Å². The minimum atomic E-state index is -1.09. The van der Waals surface area contributed by atoms with Gasteiger partial charge in [0.05, 0.1) is 6.61 Å².